The van der Waals surface area contributed by atoms with Crippen LogP contribution in [-0.4, -0.2) is 12.6 Å². The zero-order chi connectivity index (χ0) is 12.5. The lowest BCUT2D eigenvalue weighted by Crippen LogP contribution is -2.05. The van der Waals surface area contributed by atoms with Gasteiger partial charge in [0.15, 0.2) is 0 Å². The zero-order valence-corrected chi connectivity index (χ0v) is 9.59. The predicted octanol–water partition coefficient (Wildman–Crippen LogP) is 2.71. The summed E-state index contributed by atoms with van der Waals surface area (Å²) in [6.07, 6.45) is 4.92. The third-order valence-corrected chi connectivity index (χ3v) is 1.97. The van der Waals surface area contributed by atoms with E-state index in [9.17, 15) is 4.79 Å². The summed E-state index contributed by atoms with van der Waals surface area (Å²) in [4.78, 5) is 11.3. The molecule has 0 saturated carbocycles. The van der Waals surface area contributed by atoms with Crippen molar-refractivity contribution in [3.63, 3.8) is 0 Å². The van der Waals surface area contributed by atoms with Crippen LogP contribution in [0.15, 0.2) is 48.1 Å². The van der Waals surface area contributed by atoms with E-state index >= 15 is 0 Å². The molecule has 17 heavy (non-hydrogen) atoms. The molecule has 0 aliphatic heterocycles. The first-order chi connectivity index (χ1) is 8.27. The van der Waals surface area contributed by atoms with Crippen LogP contribution in [0.3, 0.4) is 0 Å². The van der Waals surface area contributed by atoms with Crippen LogP contribution < -0.4 is 0 Å². The maximum absolute atomic E-state index is 11.3. The van der Waals surface area contributed by atoms with Crippen molar-refractivity contribution >= 4 is 12.0 Å². The van der Waals surface area contributed by atoms with E-state index in [1.165, 1.54) is 6.08 Å². The number of hydrogen-bond acceptors (Lipinski definition) is 3. The summed E-state index contributed by atoms with van der Waals surface area (Å²) in [7, 11) is 0. The second-order valence-electron chi connectivity index (χ2n) is 3.18. The van der Waals surface area contributed by atoms with Crippen molar-refractivity contribution in [2.75, 3.05) is 6.61 Å². The normalized spacial score (nSPS) is 11.2. The van der Waals surface area contributed by atoms with Crippen LogP contribution in [0.25, 0.3) is 6.08 Å². The monoisotopic (exact) mass is 227 g/mol. The summed E-state index contributed by atoms with van der Waals surface area (Å²) in [6.45, 7) is 1.97. The molecule has 0 atom stereocenters. The van der Waals surface area contributed by atoms with Crippen molar-refractivity contribution in [3.05, 3.63) is 53.6 Å². The number of benzene rings is 1. The number of allylic oxidation sites excluding steroid dienone is 2. The van der Waals surface area contributed by atoms with Gasteiger partial charge in [-0.25, -0.2) is 4.79 Å². The van der Waals surface area contributed by atoms with E-state index in [0.717, 1.165) is 5.56 Å². The van der Waals surface area contributed by atoms with Crippen molar-refractivity contribution in [1.82, 2.24) is 0 Å². The number of carbonyl (C=O) groups excluding carboxylic acids is 1. The maximum Gasteiger partial charge on any atom is 0.348 e. The van der Waals surface area contributed by atoms with E-state index in [-0.39, 0.29) is 12.2 Å². The lowest BCUT2D eigenvalue weighted by molar-refractivity contribution is -0.138. The van der Waals surface area contributed by atoms with E-state index in [1.54, 1.807) is 13.0 Å². The fourth-order valence-electron chi connectivity index (χ4n) is 1.18. The van der Waals surface area contributed by atoms with E-state index < -0.39 is 5.97 Å². The van der Waals surface area contributed by atoms with Gasteiger partial charge in [-0.2, -0.15) is 5.26 Å². The smallest absolute Gasteiger partial charge is 0.348 e. The Kier molecular flexibility index (Phi) is 5.26. The summed E-state index contributed by atoms with van der Waals surface area (Å²) in [5.74, 6) is -0.590. The highest BCUT2D eigenvalue weighted by Gasteiger charge is 2.07. The van der Waals surface area contributed by atoms with Gasteiger partial charge in [-0.15, -0.1) is 0 Å². The summed E-state index contributed by atoms with van der Waals surface area (Å²) in [5.41, 5.74) is 1.00. The topological polar surface area (TPSA) is 50.1 Å². The molecule has 0 saturated heterocycles. The lowest BCUT2D eigenvalue weighted by atomic mass is 10.2. The molecular formula is C14H13NO2. The van der Waals surface area contributed by atoms with Crippen LogP contribution >= 0.6 is 0 Å². The molecule has 0 radical (unpaired) electrons. The fraction of sp³-hybridized carbons (Fsp3) is 0.143. The Morgan fingerprint density at radius 2 is 2.12 bits per heavy atom. The molecule has 0 unspecified atom stereocenters. The third-order valence-electron chi connectivity index (χ3n) is 1.97. The molecule has 0 spiro atoms. The SMILES string of the molecule is CCOC(=O)/C(C#N)=C/C=Cc1ccccc1. The molecule has 86 valence electrons. The van der Waals surface area contributed by atoms with E-state index in [4.69, 9.17) is 10.00 Å². The van der Waals surface area contributed by atoms with Crippen LogP contribution in [-0.2, 0) is 9.53 Å². The average molecular weight is 227 g/mol. The molecule has 3 nitrogen and oxygen atoms in total. The quantitative estimate of drug-likeness (QED) is 0.344. The minimum Gasteiger partial charge on any atom is -0.462 e. The summed E-state index contributed by atoms with van der Waals surface area (Å²) in [5, 5.41) is 8.77. The van der Waals surface area contributed by atoms with E-state index in [0.29, 0.717) is 0 Å². The molecule has 0 aliphatic rings. The predicted molar refractivity (Wildman–Crippen MR) is 65.8 cm³/mol. The lowest BCUT2D eigenvalue weighted by Gasteiger charge is -1.97. The van der Waals surface area contributed by atoms with E-state index in [2.05, 4.69) is 0 Å². The number of esters is 1. The average Bonchev–Trinajstić information content (AvgIpc) is 2.36. The van der Waals surface area contributed by atoms with Crippen LogP contribution in [0.4, 0.5) is 0 Å². The third kappa shape index (κ3) is 4.35. The zero-order valence-electron chi connectivity index (χ0n) is 9.59. The van der Waals surface area contributed by atoms with Crippen LogP contribution in [0, 0.1) is 11.3 Å². The summed E-state index contributed by atoms with van der Waals surface area (Å²) >= 11 is 0. The molecule has 1 aromatic carbocycles. The standard InChI is InChI=1S/C14H13NO2/c1-2-17-14(16)13(11-15)10-6-9-12-7-4-3-5-8-12/h3-10H,2H2,1H3/b9-6?,13-10+. The fourth-order valence-corrected chi connectivity index (χ4v) is 1.18. The molecule has 0 aromatic heterocycles. The Hall–Kier alpha value is -2.34. The summed E-state index contributed by atoms with van der Waals surface area (Å²) < 4.78 is 4.73. The molecule has 1 rings (SSSR count). The number of rotatable bonds is 4. The van der Waals surface area contributed by atoms with Gasteiger partial charge < -0.3 is 4.74 Å². The van der Waals surface area contributed by atoms with Crippen LogP contribution in [0.5, 0.6) is 0 Å². The van der Waals surface area contributed by atoms with Crippen molar-refractivity contribution in [1.29, 1.82) is 5.26 Å². The Morgan fingerprint density at radius 3 is 2.71 bits per heavy atom. The first kappa shape index (κ1) is 12.7. The molecule has 0 fully saturated rings. The second kappa shape index (κ2) is 7.02. The molecule has 0 heterocycles. The van der Waals surface area contributed by atoms with Gasteiger partial charge in [0, 0.05) is 0 Å². The van der Waals surface area contributed by atoms with E-state index in [1.807, 2.05) is 42.5 Å². The molecule has 0 bridgehead atoms. The number of hydrogen-bond donors (Lipinski definition) is 0. The summed E-state index contributed by atoms with van der Waals surface area (Å²) in [6, 6.07) is 11.4. The van der Waals surface area contributed by atoms with Gasteiger partial charge in [-0.1, -0.05) is 42.5 Å². The second-order valence-corrected chi connectivity index (χ2v) is 3.18. The minimum absolute atomic E-state index is 0.000897. The molecule has 1 aromatic rings. The van der Waals surface area contributed by atoms with Crippen molar-refractivity contribution in [2.24, 2.45) is 0 Å². The van der Waals surface area contributed by atoms with Gasteiger partial charge >= 0.3 is 5.97 Å². The Labute approximate surface area is 101 Å². The molecule has 0 N–H and O–H groups in total. The van der Waals surface area contributed by atoms with Gasteiger partial charge in [-0.3, -0.25) is 0 Å². The molecule has 3 heteroatoms. The number of carbonyl (C=O) groups is 1. The van der Waals surface area contributed by atoms with Crippen molar-refractivity contribution in [3.8, 4) is 6.07 Å². The number of nitrogens with zero attached hydrogens (tertiary/aromatic N) is 1. The maximum atomic E-state index is 11.3. The largest absolute Gasteiger partial charge is 0.462 e. The first-order valence-electron chi connectivity index (χ1n) is 5.28. The van der Waals surface area contributed by atoms with Gasteiger partial charge in [0.25, 0.3) is 0 Å². The Bertz CT molecular complexity index is 467. The van der Waals surface area contributed by atoms with Gasteiger partial charge in [0.05, 0.1) is 6.61 Å². The molecule has 0 amide bonds. The first-order valence-corrected chi connectivity index (χ1v) is 5.28. The highest BCUT2D eigenvalue weighted by Crippen LogP contribution is 2.03. The number of ether oxygens (including phenoxy) is 1. The van der Waals surface area contributed by atoms with Gasteiger partial charge in [-0.05, 0) is 18.6 Å². The van der Waals surface area contributed by atoms with Crippen molar-refractivity contribution < 1.29 is 9.53 Å². The van der Waals surface area contributed by atoms with Crippen molar-refractivity contribution in [2.45, 2.75) is 6.92 Å². The minimum atomic E-state index is -0.590. The molecular weight excluding hydrogens is 214 g/mol. The van der Waals surface area contributed by atoms with Crippen LogP contribution in [0.2, 0.25) is 0 Å². The van der Waals surface area contributed by atoms with Crippen LogP contribution in [0.1, 0.15) is 12.5 Å². The Balaban J connectivity index is 2.72. The Morgan fingerprint density at radius 1 is 1.41 bits per heavy atom. The van der Waals surface area contributed by atoms with Gasteiger partial charge in [0.2, 0.25) is 0 Å². The highest BCUT2D eigenvalue weighted by molar-refractivity contribution is 5.93. The number of nitriles is 1. The van der Waals surface area contributed by atoms with Gasteiger partial charge in [0.1, 0.15) is 11.6 Å². The highest BCUT2D eigenvalue weighted by atomic mass is 16.5. The molecule has 0 aliphatic carbocycles.